The minimum absolute atomic E-state index is 0.0332. The van der Waals surface area contributed by atoms with Crippen LogP contribution in [-0.4, -0.2) is 64.3 Å². The number of hydrogen-bond donors (Lipinski definition) is 3. The molecule has 2 rings (SSSR count). The third kappa shape index (κ3) is 7.54. The summed E-state index contributed by atoms with van der Waals surface area (Å²) in [6.07, 6.45) is 1.55. The molecule has 0 bridgehead atoms. The minimum atomic E-state index is -0.500. The van der Waals surface area contributed by atoms with Crippen LogP contribution in [-0.2, 0) is 22.4 Å². The zero-order valence-electron chi connectivity index (χ0n) is 19.8. The highest BCUT2D eigenvalue weighted by Crippen LogP contribution is 2.32. The quantitative estimate of drug-likeness (QED) is 0.371. The Morgan fingerprint density at radius 1 is 0.909 bits per heavy atom. The summed E-state index contributed by atoms with van der Waals surface area (Å²) in [5.41, 5.74) is 1.75. The van der Waals surface area contributed by atoms with Crippen molar-refractivity contribution in [1.29, 1.82) is 0 Å². The third-order valence-electron chi connectivity index (χ3n) is 5.61. The van der Waals surface area contributed by atoms with Gasteiger partial charge in [-0.2, -0.15) is 0 Å². The standard InChI is InChI=1S/C25H35NO7/c1-30-11-5-10-26-25(29)20(13-18-6-8-21(28)23(14-18)32-3)19(16-27)12-17-7-9-22(31-2)24(15-17)33-4/h6-9,14-15,19-20,27-28H,5,10-13,16H2,1-4H3,(H,26,29)/t19-,20+/m0/s1. The van der Waals surface area contributed by atoms with Crippen molar-refractivity contribution in [2.45, 2.75) is 19.3 Å². The summed E-state index contributed by atoms with van der Waals surface area (Å²) in [6, 6.07) is 10.6. The summed E-state index contributed by atoms with van der Waals surface area (Å²) in [7, 11) is 6.24. The van der Waals surface area contributed by atoms with Gasteiger partial charge in [0.05, 0.1) is 21.3 Å². The molecule has 2 atom stereocenters. The van der Waals surface area contributed by atoms with Crippen molar-refractivity contribution in [3.8, 4) is 23.0 Å². The summed E-state index contributed by atoms with van der Waals surface area (Å²) in [5.74, 6) is 0.599. The van der Waals surface area contributed by atoms with E-state index in [1.165, 1.54) is 7.11 Å². The zero-order chi connectivity index (χ0) is 24.2. The average Bonchev–Trinajstić information content (AvgIpc) is 2.84. The lowest BCUT2D eigenvalue weighted by Gasteiger charge is -2.26. The smallest absolute Gasteiger partial charge is 0.223 e. The van der Waals surface area contributed by atoms with Gasteiger partial charge in [-0.1, -0.05) is 12.1 Å². The highest BCUT2D eigenvalue weighted by atomic mass is 16.5. The molecule has 8 heteroatoms. The Morgan fingerprint density at radius 2 is 1.55 bits per heavy atom. The lowest BCUT2D eigenvalue weighted by Crippen LogP contribution is -2.39. The Hall–Kier alpha value is -2.97. The molecule has 8 nitrogen and oxygen atoms in total. The van der Waals surface area contributed by atoms with Gasteiger partial charge in [-0.15, -0.1) is 0 Å². The molecular weight excluding hydrogens is 426 g/mol. The molecule has 0 saturated heterocycles. The van der Waals surface area contributed by atoms with Crippen LogP contribution in [0, 0.1) is 11.8 Å². The minimum Gasteiger partial charge on any atom is -0.504 e. The molecule has 0 spiro atoms. The van der Waals surface area contributed by atoms with E-state index < -0.39 is 5.92 Å². The van der Waals surface area contributed by atoms with Gasteiger partial charge in [0.2, 0.25) is 5.91 Å². The van der Waals surface area contributed by atoms with Gasteiger partial charge in [-0.3, -0.25) is 4.79 Å². The molecule has 0 heterocycles. The van der Waals surface area contributed by atoms with Gasteiger partial charge < -0.3 is 34.5 Å². The number of phenolic OH excluding ortho intramolecular Hbond substituents is 1. The van der Waals surface area contributed by atoms with Crippen LogP contribution < -0.4 is 19.5 Å². The van der Waals surface area contributed by atoms with Crippen molar-refractivity contribution in [1.82, 2.24) is 5.32 Å². The fourth-order valence-electron chi connectivity index (χ4n) is 3.78. The molecular formula is C25H35NO7. The summed E-state index contributed by atoms with van der Waals surface area (Å²) >= 11 is 0. The molecule has 1 amide bonds. The van der Waals surface area contributed by atoms with Gasteiger partial charge in [0.1, 0.15) is 0 Å². The van der Waals surface area contributed by atoms with Crippen LogP contribution >= 0.6 is 0 Å². The van der Waals surface area contributed by atoms with Crippen LogP contribution in [0.15, 0.2) is 36.4 Å². The number of amides is 1. The summed E-state index contributed by atoms with van der Waals surface area (Å²) in [4.78, 5) is 13.2. The number of rotatable bonds is 14. The van der Waals surface area contributed by atoms with Gasteiger partial charge in [0.25, 0.3) is 0 Å². The highest BCUT2D eigenvalue weighted by Gasteiger charge is 2.29. The lowest BCUT2D eigenvalue weighted by molar-refractivity contribution is -0.127. The number of aliphatic hydroxyl groups is 1. The number of carbonyl (C=O) groups is 1. The van der Waals surface area contributed by atoms with Crippen molar-refractivity contribution >= 4 is 5.91 Å². The van der Waals surface area contributed by atoms with E-state index in [1.807, 2.05) is 18.2 Å². The van der Waals surface area contributed by atoms with E-state index in [4.69, 9.17) is 18.9 Å². The third-order valence-corrected chi connectivity index (χ3v) is 5.61. The molecule has 2 aromatic carbocycles. The second-order valence-corrected chi connectivity index (χ2v) is 7.79. The van der Waals surface area contributed by atoms with E-state index in [0.29, 0.717) is 49.7 Å². The molecule has 0 fully saturated rings. The fraction of sp³-hybridized carbons (Fsp3) is 0.480. The molecule has 0 unspecified atom stereocenters. The first-order valence-electron chi connectivity index (χ1n) is 10.9. The van der Waals surface area contributed by atoms with E-state index in [1.54, 1.807) is 39.5 Å². The Bertz CT molecular complexity index is 887. The van der Waals surface area contributed by atoms with Crippen LogP contribution in [0.1, 0.15) is 17.5 Å². The number of ether oxygens (including phenoxy) is 4. The monoisotopic (exact) mass is 461 g/mol. The number of aliphatic hydroxyl groups excluding tert-OH is 1. The van der Waals surface area contributed by atoms with E-state index in [-0.39, 0.29) is 24.2 Å². The van der Waals surface area contributed by atoms with E-state index >= 15 is 0 Å². The fourth-order valence-corrected chi connectivity index (χ4v) is 3.78. The summed E-state index contributed by atoms with van der Waals surface area (Å²) in [6.45, 7) is 0.867. The topological polar surface area (TPSA) is 106 Å². The van der Waals surface area contributed by atoms with Crippen molar-refractivity contribution in [3.05, 3.63) is 47.5 Å². The van der Waals surface area contributed by atoms with E-state index in [9.17, 15) is 15.0 Å². The normalized spacial score (nSPS) is 12.6. The number of aromatic hydroxyl groups is 1. The molecule has 0 radical (unpaired) electrons. The lowest BCUT2D eigenvalue weighted by atomic mass is 9.82. The van der Waals surface area contributed by atoms with Gasteiger partial charge in [0, 0.05) is 32.8 Å². The van der Waals surface area contributed by atoms with Gasteiger partial charge >= 0.3 is 0 Å². The Balaban J connectivity index is 2.28. The van der Waals surface area contributed by atoms with Crippen molar-refractivity contribution in [2.75, 3.05) is 48.2 Å². The number of benzene rings is 2. The van der Waals surface area contributed by atoms with Crippen molar-refractivity contribution < 1.29 is 34.0 Å². The first-order chi connectivity index (χ1) is 16.0. The number of nitrogens with one attached hydrogen (secondary N) is 1. The van der Waals surface area contributed by atoms with Crippen LogP contribution in [0.4, 0.5) is 0 Å². The SMILES string of the molecule is COCCCNC(=O)[C@H](Cc1ccc(O)c(OC)c1)[C@H](CO)Cc1ccc(OC)c(OC)c1. The number of methoxy groups -OCH3 is 4. The van der Waals surface area contributed by atoms with E-state index in [0.717, 1.165) is 11.1 Å². The van der Waals surface area contributed by atoms with Gasteiger partial charge in [-0.05, 0) is 60.6 Å². The number of phenols is 1. The first-order valence-corrected chi connectivity index (χ1v) is 10.9. The van der Waals surface area contributed by atoms with Crippen LogP contribution in [0.5, 0.6) is 23.0 Å². The largest absolute Gasteiger partial charge is 0.504 e. The van der Waals surface area contributed by atoms with Crippen molar-refractivity contribution in [3.63, 3.8) is 0 Å². The maximum atomic E-state index is 13.2. The summed E-state index contributed by atoms with van der Waals surface area (Å²) < 4.78 is 21.0. The molecule has 182 valence electrons. The molecule has 0 aliphatic carbocycles. The van der Waals surface area contributed by atoms with Crippen molar-refractivity contribution in [2.24, 2.45) is 11.8 Å². The number of hydrogen-bond acceptors (Lipinski definition) is 7. The molecule has 3 N–H and O–H groups in total. The van der Waals surface area contributed by atoms with Gasteiger partial charge in [-0.25, -0.2) is 0 Å². The van der Waals surface area contributed by atoms with Crippen LogP contribution in [0.2, 0.25) is 0 Å². The summed E-state index contributed by atoms with van der Waals surface area (Å²) in [5, 5.41) is 23.1. The maximum Gasteiger partial charge on any atom is 0.223 e. The Kier molecular flexibility index (Phi) is 10.8. The highest BCUT2D eigenvalue weighted by molar-refractivity contribution is 5.79. The predicted molar refractivity (Wildman–Crippen MR) is 125 cm³/mol. The Labute approximate surface area is 195 Å². The predicted octanol–water partition coefficient (Wildman–Crippen LogP) is 2.58. The van der Waals surface area contributed by atoms with Gasteiger partial charge in [0.15, 0.2) is 23.0 Å². The molecule has 0 aromatic heterocycles. The van der Waals surface area contributed by atoms with E-state index in [2.05, 4.69) is 5.32 Å². The average molecular weight is 462 g/mol. The molecule has 2 aromatic rings. The second kappa shape index (κ2) is 13.5. The zero-order valence-corrected chi connectivity index (χ0v) is 19.8. The van der Waals surface area contributed by atoms with Crippen LogP contribution in [0.3, 0.4) is 0 Å². The molecule has 0 aliphatic heterocycles. The van der Waals surface area contributed by atoms with Crippen LogP contribution in [0.25, 0.3) is 0 Å². The molecule has 33 heavy (non-hydrogen) atoms. The second-order valence-electron chi connectivity index (χ2n) is 7.79. The Morgan fingerprint density at radius 3 is 2.18 bits per heavy atom. The molecule has 0 aliphatic rings. The first kappa shape index (κ1) is 26.3. The number of carbonyl (C=O) groups excluding carboxylic acids is 1. The molecule has 0 saturated carbocycles. The maximum absolute atomic E-state index is 13.2.